The van der Waals surface area contributed by atoms with Crippen molar-refractivity contribution in [2.45, 2.75) is 20.3 Å². The third-order valence-corrected chi connectivity index (χ3v) is 4.33. The Morgan fingerprint density at radius 1 is 1.30 bits per heavy atom. The molecular formula is C21H18N4O5. The normalized spacial score (nSPS) is 10.3. The maximum absolute atomic E-state index is 12.6. The first-order valence-electron chi connectivity index (χ1n) is 8.91. The molecule has 0 unspecified atom stereocenters. The lowest BCUT2D eigenvalue weighted by molar-refractivity contribution is 0.100. The monoisotopic (exact) mass is 406 g/mol. The van der Waals surface area contributed by atoms with Gasteiger partial charge in [0.1, 0.15) is 34.7 Å². The number of hydrogen-bond acceptors (Lipinski definition) is 7. The Morgan fingerprint density at radius 3 is 2.60 bits per heavy atom. The SMILES string of the molecule is COc1ccc(Cc2nc(C(=O)Nc3oc(C)c(C(C)=O)c3C#N)cc(=O)[nH]2)cc1. The second kappa shape index (κ2) is 8.45. The highest BCUT2D eigenvalue weighted by Crippen LogP contribution is 2.27. The first-order chi connectivity index (χ1) is 14.3. The number of H-pyrrole nitrogens is 1. The minimum Gasteiger partial charge on any atom is -0.497 e. The van der Waals surface area contributed by atoms with Gasteiger partial charge in [-0.3, -0.25) is 19.7 Å². The Morgan fingerprint density at radius 2 is 2.00 bits per heavy atom. The molecule has 1 aromatic carbocycles. The van der Waals surface area contributed by atoms with Crippen LogP contribution in [0, 0.1) is 18.3 Å². The molecule has 0 saturated carbocycles. The zero-order chi connectivity index (χ0) is 21.8. The zero-order valence-electron chi connectivity index (χ0n) is 16.5. The maximum atomic E-state index is 12.6. The van der Waals surface area contributed by atoms with Gasteiger partial charge in [-0.25, -0.2) is 4.98 Å². The van der Waals surface area contributed by atoms with Crippen LogP contribution in [0.15, 0.2) is 39.5 Å². The molecule has 0 aliphatic rings. The smallest absolute Gasteiger partial charge is 0.276 e. The summed E-state index contributed by atoms with van der Waals surface area (Å²) in [5, 5.41) is 11.8. The van der Waals surface area contributed by atoms with Crippen molar-refractivity contribution in [2.75, 3.05) is 12.4 Å². The standard InChI is InChI=1S/C21H18N4O5/c1-11(26)19-12(2)30-21(15(19)10-22)25-20(28)16-9-18(27)24-17(23-16)8-13-4-6-14(29-3)7-5-13/h4-7,9H,8H2,1-3H3,(H,25,28)(H,23,24,27). The van der Waals surface area contributed by atoms with Gasteiger partial charge >= 0.3 is 0 Å². The van der Waals surface area contributed by atoms with E-state index >= 15 is 0 Å². The van der Waals surface area contributed by atoms with Crippen molar-refractivity contribution in [3.8, 4) is 11.8 Å². The third-order valence-electron chi connectivity index (χ3n) is 4.33. The Labute approximate surface area is 171 Å². The molecule has 2 heterocycles. The number of anilines is 1. The lowest BCUT2D eigenvalue weighted by atomic mass is 10.1. The van der Waals surface area contributed by atoms with E-state index in [9.17, 15) is 19.6 Å². The van der Waals surface area contributed by atoms with Gasteiger partial charge in [0.25, 0.3) is 11.5 Å². The molecule has 2 N–H and O–H groups in total. The second-order valence-corrected chi connectivity index (χ2v) is 6.46. The molecule has 9 heteroatoms. The number of ether oxygens (including phenoxy) is 1. The number of methoxy groups -OCH3 is 1. The molecule has 2 aromatic heterocycles. The number of benzene rings is 1. The zero-order valence-corrected chi connectivity index (χ0v) is 16.5. The highest BCUT2D eigenvalue weighted by atomic mass is 16.5. The highest BCUT2D eigenvalue weighted by Gasteiger charge is 2.23. The van der Waals surface area contributed by atoms with Gasteiger partial charge in [-0.15, -0.1) is 0 Å². The van der Waals surface area contributed by atoms with E-state index in [4.69, 9.17) is 9.15 Å². The van der Waals surface area contributed by atoms with Crippen LogP contribution < -0.4 is 15.6 Å². The number of nitrogens with zero attached hydrogens (tertiary/aromatic N) is 2. The second-order valence-electron chi connectivity index (χ2n) is 6.46. The number of rotatable bonds is 6. The van der Waals surface area contributed by atoms with Crippen LogP contribution in [0.4, 0.5) is 5.88 Å². The molecular weight excluding hydrogens is 388 g/mol. The number of hydrogen-bond donors (Lipinski definition) is 2. The molecule has 152 valence electrons. The van der Waals surface area contributed by atoms with Crippen LogP contribution in [-0.2, 0) is 6.42 Å². The highest BCUT2D eigenvalue weighted by molar-refractivity contribution is 6.05. The Hall–Kier alpha value is -4.19. The van der Waals surface area contributed by atoms with E-state index < -0.39 is 11.5 Å². The summed E-state index contributed by atoms with van der Waals surface area (Å²) in [6, 6.07) is 10.1. The van der Waals surface area contributed by atoms with Crippen molar-refractivity contribution in [3.05, 3.63) is 74.7 Å². The van der Waals surface area contributed by atoms with E-state index in [0.717, 1.165) is 11.6 Å². The van der Waals surface area contributed by atoms with Gasteiger partial charge in [-0.2, -0.15) is 5.26 Å². The number of ketones is 1. The van der Waals surface area contributed by atoms with E-state index in [1.165, 1.54) is 13.8 Å². The van der Waals surface area contributed by atoms with E-state index in [0.29, 0.717) is 11.6 Å². The summed E-state index contributed by atoms with van der Waals surface area (Å²) < 4.78 is 10.5. The molecule has 30 heavy (non-hydrogen) atoms. The van der Waals surface area contributed by atoms with Crippen molar-refractivity contribution in [1.82, 2.24) is 9.97 Å². The molecule has 0 atom stereocenters. The first kappa shape index (κ1) is 20.5. The Bertz CT molecular complexity index is 1220. The largest absolute Gasteiger partial charge is 0.497 e. The van der Waals surface area contributed by atoms with Crippen molar-refractivity contribution in [2.24, 2.45) is 0 Å². The van der Waals surface area contributed by atoms with Crippen LogP contribution in [0.2, 0.25) is 0 Å². The predicted octanol–water partition coefficient (Wildman–Crippen LogP) is 2.60. The van der Waals surface area contributed by atoms with Crippen LogP contribution in [0.25, 0.3) is 0 Å². The van der Waals surface area contributed by atoms with Crippen LogP contribution in [0.1, 0.15) is 50.5 Å². The summed E-state index contributed by atoms with van der Waals surface area (Å²) in [6.07, 6.45) is 0.290. The van der Waals surface area contributed by atoms with Gasteiger partial charge in [-0.1, -0.05) is 12.1 Å². The lowest BCUT2D eigenvalue weighted by Crippen LogP contribution is -2.20. The van der Waals surface area contributed by atoms with Crippen LogP contribution in [0.5, 0.6) is 5.75 Å². The molecule has 0 spiro atoms. The average Bonchev–Trinajstić information content (AvgIpc) is 3.03. The molecule has 0 radical (unpaired) electrons. The van der Waals surface area contributed by atoms with E-state index in [1.54, 1.807) is 19.2 Å². The number of carbonyl (C=O) groups is 2. The van der Waals surface area contributed by atoms with Crippen LogP contribution in [-0.4, -0.2) is 28.8 Å². The summed E-state index contributed by atoms with van der Waals surface area (Å²) in [7, 11) is 1.56. The quantitative estimate of drug-likeness (QED) is 0.600. The van der Waals surface area contributed by atoms with E-state index in [2.05, 4.69) is 15.3 Å². The third kappa shape index (κ3) is 4.28. The molecule has 3 aromatic rings. The minimum atomic E-state index is -0.738. The summed E-state index contributed by atoms with van der Waals surface area (Å²) in [6.45, 7) is 2.82. The van der Waals surface area contributed by atoms with E-state index in [1.807, 2.05) is 18.2 Å². The number of aryl methyl sites for hydroxylation is 1. The van der Waals surface area contributed by atoms with Crippen molar-refractivity contribution in [1.29, 1.82) is 5.26 Å². The summed E-state index contributed by atoms with van der Waals surface area (Å²) in [5.41, 5.74) is 0.239. The number of aromatic nitrogens is 2. The van der Waals surface area contributed by atoms with Crippen LogP contribution >= 0.6 is 0 Å². The number of Topliss-reactive ketones (excluding diaryl/α,β-unsaturated/α-hetero) is 1. The number of furan rings is 1. The van der Waals surface area contributed by atoms with Gasteiger partial charge < -0.3 is 14.1 Å². The topological polar surface area (TPSA) is 138 Å². The van der Waals surface area contributed by atoms with Crippen LogP contribution in [0.3, 0.4) is 0 Å². The number of aromatic amines is 1. The molecule has 0 aliphatic carbocycles. The number of amides is 1. The lowest BCUT2D eigenvalue weighted by Gasteiger charge is -2.06. The van der Waals surface area contributed by atoms with Crippen molar-refractivity contribution in [3.63, 3.8) is 0 Å². The molecule has 0 aliphatic heterocycles. The average molecular weight is 406 g/mol. The first-order valence-corrected chi connectivity index (χ1v) is 8.91. The molecule has 0 fully saturated rings. The maximum Gasteiger partial charge on any atom is 0.276 e. The minimum absolute atomic E-state index is 0.0725. The molecule has 0 saturated heterocycles. The number of nitrogens with one attached hydrogen (secondary N) is 2. The molecule has 9 nitrogen and oxygen atoms in total. The van der Waals surface area contributed by atoms with Gasteiger partial charge in [0.05, 0.1) is 12.7 Å². The number of nitriles is 1. The van der Waals surface area contributed by atoms with Gasteiger partial charge in [-0.05, 0) is 31.5 Å². The summed E-state index contributed by atoms with van der Waals surface area (Å²) in [4.78, 5) is 43.2. The Balaban J connectivity index is 1.87. The van der Waals surface area contributed by atoms with Gasteiger partial charge in [0.15, 0.2) is 5.78 Å². The summed E-state index contributed by atoms with van der Waals surface area (Å²) >= 11 is 0. The van der Waals surface area contributed by atoms with Crippen molar-refractivity contribution >= 4 is 17.6 Å². The fourth-order valence-corrected chi connectivity index (χ4v) is 2.98. The Kier molecular flexibility index (Phi) is 5.78. The number of carbonyl (C=O) groups excluding carboxylic acids is 2. The molecule has 0 bridgehead atoms. The van der Waals surface area contributed by atoms with E-state index in [-0.39, 0.29) is 40.7 Å². The van der Waals surface area contributed by atoms with Crippen molar-refractivity contribution < 1.29 is 18.7 Å². The van der Waals surface area contributed by atoms with Gasteiger partial charge in [0.2, 0.25) is 5.88 Å². The summed E-state index contributed by atoms with van der Waals surface area (Å²) in [5.74, 6) is -0.0575. The fourth-order valence-electron chi connectivity index (χ4n) is 2.98. The fraction of sp³-hybridized carbons (Fsp3) is 0.190. The molecule has 3 rings (SSSR count). The molecule has 1 amide bonds. The predicted molar refractivity (Wildman–Crippen MR) is 107 cm³/mol. The van der Waals surface area contributed by atoms with Gasteiger partial charge in [0, 0.05) is 12.5 Å².